The number of carbonyl (C=O) groups excluding carboxylic acids is 1. The van der Waals surface area contributed by atoms with Crippen LogP contribution in [0.4, 0.5) is 5.69 Å². The van der Waals surface area contributed by atoms with Crippen molar-refractivity contribution in [2.45, 2.75) is 6.61 Å². The number of carbonyl (C=O) groups is 1. The number of amides is 1. The van der Waals surface area contributed by atoms with Crippen LogP contribution in [0, 0.1) is 29.8 Å². The summed E-state index contributed by atoms with van der Waals surface area (Å²) in [5.41, 5.74) is 2.20. The maximum absolute atomic E-state index is 12.6. The normalized spacial score (nSPS) is 10.7. The van der Waals surface area contributed by atoms with Crippen molar-refractivity contribution in [3.05, 3.63) is 90.1 Å². The molecule has 2 N–H and O–H groups in total. The molecule has 0 saturated carbocycles. The number of anilines is 1. The first-order chi connectivity index (χ1) is 15.4. The van der Waals surface area contributed by atoms with Gasteiger partial charge in [0.05, 0.1) is 15.2 Å². The molecule has 0 spiro atoms. The largest absolute Gasteiger partial charge is 0.508 e. The van der Waals surface area contributed by atoms with E-state index >= 15 is 0 Å². The van der Waals surface area contributed by atoms with E-state index in [1.807, 2.05) is 30.3 Å². The summed E-state index contributed by atoms with van der Waals surface area (Å²) in [5.74, 6) is 0.0176. The van der Waals surface area contributed by atoms with Crippen LogP contribution in [0.15, 0.2) is 66.2 Å². The van der Waals surface area contributed by atoms with Crippen molar-refractivity contribution >= 4 is 62.9 Å². The first kappa shape index (κ1) is 23.6. The molecule has 0 aliphatic heterocycles. The van der Waals surface area contributed by atoms with Crippen LogP contribution in [0.3, 0.4) is 0 Å². The molecule has 0 unspecified atom stereocenters. The number of rotatable bonds is 6. The van der Waals surface area contributed by atoms with Crippen LogP contribution >= 0.6 is 45.2 Å². The summed E-state index contributed by atoms with van der Waals surface area (Å²) < 4.78 is 7.76. The van der Waals surface area contributed by atoms with E-state index in [0.717, 1.165) is 12.7 Å². The third-order valence-electron chi connectivity index (χ3n) is 4.34. The van der Waals surface area contributed by atoms with Crippen LogP contribution in [0.2, 0.25) is 0 Å². The van der Waals surface area contributed by atoms with Crippen LogP contribution < -0.4 is 10.1 Å². The second kappa shape index (κ2) is 11.0. The second-order valence-corrected chi connectivity index (χ2v) is 8.94. The van der Waals surface area contributed by atoms with Gasteiger partial charge in [0.25, 0.3) is 5.91 Å². The molecule has 0 fully saturated rings. The van der Waals surface area contributed by atoms with E-state index in [0.29, 0.717) is 22.6 Å². The fourth-order valence-electron chi connectivity index (χ4n) is 2.79. The molecule has 3 rings (SSSR count). The average Bonchev–Trinajstić information content (AvgIpc) is 2.78. The van der Waals surface area contributed by atoms with Crippen LogP contribution in [0.25, 0.3) is 6.08 Å². The van der Waals surface area contributed by atoms with Crippen molar-refractivity contribution in [3.63, 3.8) is 0 Å². The van der Waals surface area contributed by atoms with Gasteiger partial charge in [0.1, 0.15) is 29.7 Å². The number of ether oxygens (including phenoxy) is 1. The number of halogens is 2. The Hall–Kier alpha value is -3.09. The summed E-state index contributed by atoms with van der Waals surface area (Å²) in [6.07, 6.45) is 1.48. The summed E-state index contributed by atoms with van der Waals surface area (Å²) in [6.45, 7) is 0.169. The van der Waals surface area contributed by atoms with Crippen LogP contribution in [0.5, 0.6) is 11.5 Å². The highest BCUT2D eigenvalue weighted by Crippen LogP contribution is 2.31. The molecule has 3 aromatic rings. The smallest absolute Gasteiger partial charge is 0.266 e. The van der Waals surface area contributed by atoms with Crippen molar-refractivity contribution < 1.29 is 14.6 Å². The lowest BCUT2D eigenvalue weighted by atomic mass is 10.1. The number of hydrogen-bond donors (Lipinski definition) is 2. The van der Waals surface area contributed by atoms with Crippen molar-refractivity contribution in [1.29, 1.82) is 10.5 Å². The van der Waals surface area contributed by atoms with E-state index < -0.39 is 5.91 Å². The predicted molar refractivity (Wildman–Crippen MR) is 138 cm³/mol. The Labute approximate surface area is 212 Å². The molecule has 6 nitrogen and oxygen atoms in total. The highest BCUT2D eigenvalue weighted by atomic mass is 127. The molecule has 0 aliphatic rings. The van der Waals surface area contributed by atoms with E-state index in [1.54, 1.807) is 12.1 Å². The molecule has 0 radical (unpaired) electrons. The van der Waals surface area contributed by atoms with Crippen molar-refractivity contribution in [2.75, 3.05) is 5.32 Å². The van der Waals surface area contributed by atoms with Crippen LogP contribution in [-0.2, 0) is 11.4 Å². The zero-order valence-electron chi connectivity index (χ0n) is 16.5. The summed E-state index contributed by atoms with van der Waals surface area (Å²) in [5, 5.41) is 30.9. The lowest BCUT2D eigenvalue weighted by Crippen LogP contribution is -2.13. The van der Waals surface area contributed by atoms with Crippen molar-refractivity contribution in [1.82, 2.24) is 0 Å². The number of hydrogen-bond acceptors (Lipinski definition) is 5. The van der Waals surface area contributed by atoms with E-state index in [2.05, 4.69) is 56.6 Å². The Morgan fingerprint density at radius 2 is 1.81 bits per heavy atom. The number of aromatic hydroxyl groups is 1. The van der Waals surface area contributed by atoms with Gasteiger partial charge in [0.15, 0.2) is 0 Å². The molecule has 3 aromatic carbocycles. The van der Waals surface area contributed by atoms with E-state index in [9.17, 15) is 20.4 Å². The fourth-order valence-corrected chi connectivity index (χ4v) is 4.84. The fraction of sp³-hybridized carbons (Fsp3) is 0.0417. The van der Waals surface area contributed by atoms with Gasteiger partial charge < -0.3 is 15.2 Å². The number of nitriles is 2. The molecule has 0 saturated heterocycles. The summed E-state index contributed by atoms with van der Waals surface area (Å²) >= 11 is 4.30. The number of phenols is 1. The molecule has 158 valence electrons. The van der Waals surface area contributed by atoms with Crippen LogP contribution in [0.1, 0.15) is 16.7 Å². The van der Waals surface area contributed by atoms with Gasteiger partial charge in [0, 0.05) is 20.4 Å². The quantitative estimate of drug-likeness (QED) is 0.157. The highest BCUT2D eigenvalue weighted by molar-refractivity contribution is 14.1. The Kier molecular flexibility index (Phi) is 8.09. The standard InChI is InChI=1S/C24H15I2N3O3/c25-19-10-17(9-18(13-28)24(31)29-20-5-7-21(30)8-6-20)23(22(26)11-19)32-14-16-4-2-1-3-15(16)12-27/h1-11,30H,14H2,(H,29,31)/b18-9-. The van der Waals surface area contributed by atoms with Gasteiger partial charge in [-0.1, -0.05) is 18.2 Å². The minimum absolute atomic E-state index is 0.0762. The Bertz CT molecular complexity index is 1270. The third-order valence-corrected chi connectivity index (χ3v) is 5.76. The Balaban J connectivity index is 1.91. The SMILES string of the molecule is N#C/C(=C/c1cc(I)cc(I)c1OCc1ccccc1C#N)C(=O)Nc1ccc(O)cc1. The van der Waals surface area contributed by atoms with E-state index in [4.69, 9.17) is 4.74 Å². The third kappa shape index (κ3) is 5.99. The number of nitrogens with zero attached hydrogens (tertiary/aromatic N) is 2. The summed E-state index contributed by atoms with van der Waals surface area (Å²) in [7, 11) is 0. The summed E-state index contributed by atoms with van der Waals surface area (Å²) in [4.78, 5) is 12.6. The average molecular weight is 647 g/mol. The van der Waals surface area contributed by atoms with Gasteiger partial charge in [-0.25, -0.2) is 0 Å². The topological polar surface area (TPSA) is 106 Å². The lowest BCUT2D eigenvalue weighted by molar-refractivity contribution is -0.112. The molecule has 0 aliphatic carbocycles. The molecule has 32 heavy (non-hydrogen) atoms. The van der Waals surface area contributed by atoms with E-state index in [1.165, 1.54) is 30.3 Å². The highest BCUT2D eigenvalue weighted by Gasteiger charge is 2.15. The van der Waals surface area contributed by atoms with Gasteiger partial charge in [-0.3, -0.25) is 4.79 Å². The minimum atomic E-state index is -0.576. The Morgan fingerprint density at radius 3 is 2.50 bits per heavy atom. The van der Waals surface area contributed by atoms with Gasteiger partial charge in [-0.15, -0.1) is 0 Å². The number of phenolic OH excluding ortho intramolecular Hbond substituents is 1. The zero-order valence-corrected chi connectivity index (χ0v) is 20.8. The van der Waals surface area contributed by atoms with Gasteiger partial charge in [-0.2, -0.15) is 10.5 Å². The first-order valence-electron chi connectivity index (χ1n) is 9.23. The monoisotopic (exact) mass is 647 g/mol. The maximum atomic E-state index is 12.6. The molecular weight excluding hydrogens is 632 g/mol. The first-order valence-corrected chi connectivity index (χ1v) is 11.4. The molecule has 1 amide bonds. The van der Waals surface area contributed by atoms with Gasteiger partial charge in [0.2, 0.25) is 0 Å². The van der Waals surface area contributed by atoms with Crippen LogP contribution in [-0.4, -0.2) is 11.0 Å². The maximum Gasteiger partial charge on any atom is 0.266 e. The molecule has 0 atom stereocenters. The molecule has 8 heteroatoms. The lowest BCUT2D eigenvalue weighted by Gasteiger charge is -2.13. The number of nitrogens with one attached hydrogen (secondary N) is 1. The van der Waals surface area contributed by atoms with Crippen molar-refractivity contribution in [3.8, 4) is 23.6 Å². The molecule has 0 aromatic heterocycles. The molecule has 0 bridgehead atoms. The number of benzene rings is 3. The van der Waals surface area contributed by atoms with Gasteiger partial charge in [-0.05, 0) is 93.7 Å². The van der Waals surface area contributed by atoms with Crippen molar-refractivity contribution in [2.24, 2.45) is 0 Å². The Morgan fingerprint density at radius 1 is 1.09 bits per heavy atom. The minimum Gasteiger partial charge on any atom is -0.508 e. The summed E-state index contributed by atoms with van der Waals surface area (Å²) in [6, 6.07) is 21.0. The predicted octanol–water partition coefficient (Wildman–Crippen LogP) is 5.60. The zero-order chi connectivity index (χ0) is 23.1. The second-order valence-electron chi connectivity index (χ2n) is 6.53. The van der Waals surface area contributed by atoms with E-state index in [-0.39, 0.29) is 17.9 Å². The van der Waals surface area contributed by atoms with Gasteiger partial charge >= 0.3 is 0 Å². The molecule has 0 heterocycles. The molecular formula is C24H15I2N3O3.